The smallest absolute Gasteiger partial charge is 0.409 e. The number of aliphatic imine (C=N–C) groups is 1. The summed E-state index contributed by atoms with van der Waals surface area (Å²) in [6, 6.07) is 0. The van der Waals surface area contributed by atoms with Crippen molar-refractivity contribution in [2.24, 2.45) is 4.99 Å². The number of rotatable bonds is 6. The number of ether oxygens (including phenoxy) is 1. The first-order chi connectivity index (χ1) is 11.5. The molecule has 146 valence electrons. The van der Waals surface area contributed by atoms with Gasteiger partial charge in [0.2, 0.25) is 5.91 Å². The third kappa shape index (κ3) is 8.59. The van der Waals surface area contributed by atoms with E-state index in [-0.39, 0.29) is 42.5 Å². The number of unbranched alkanes of at least 4 members (excludes halogenated alkanes) is 1. The molecule has 0 aliphatic carbocycles. The van der Waals surface area contributed by atoms with Gasteiger partial charge in [-0.15, -0.1) is 24.0 Å². The Morgan fingerprint density at radius 3 is 2.24 bits per heavy atom. The minimum atomic E-state index is -0.266. The van der Waals surface area contributed by atoms with Crippen molar-refractivity contribution >= 4 is 41.9 Å². The molecule has 1 aliphatic heterocycles. The van der Waals surface area contributed by atoms with Gasteiger partial charge in [0.05, 0.1) is 6.61 Å². The maximum atomic E-state index is 11.8. The van der Waals surface area contributed by atoms with Crippen molar-refractivity contribution in [3.8, 4) is 0 Å². The van der Waals surface area contributed by atoms with E-state index < -0.39 is 0 Å². The van der Waals surface area contributed by atoms with Crippen LogP contribution in [0, 0.1) is 0 Å². The molecule has 1 rings (SSSR count). The van der Waals surface area contributed by atoms with E-state index >= 15 is 0 Å². The van der Waals surface area contributed by atoms with Gasteiger partial charge in [-0.2, -0.15) is 0 Å². The fourth-order valence-electron chi connectivity index (χ4n) is 2.24. The lowest BCUT2D eigenvalue weighted by Gasteiger charge is -2.36. The average molecular weight is 469 g/mol. The lowest BCUT2D eigenvalue weighted by atomic mass is 10.3. The third-order valence-electron chi connectivity index (χ3n) is 3.78. The summed E-state index contributed by atoms with van der Waals surface area (Å²) in [4.78, 5) is 33.3. The highest BCUT2D eigenvalue weighted by molar-refractivity contribution is 14.0. The Bertz CT molecular complexity index is 437. The summed E-state index contributed by atoms with van der Waals surface area (Å²) in [5.41, 5.74) is 0. The Balaban J connectivity index is 0.00000576. The summed E-state index contributed by atoms with van der Waals surface area (Å²) in [6.45, 7) is 7.80. The second-order valence-electron chi connectivity index (χ2n) is 5.88. The largest absolute Gasteiger partial charge is 0.450 e. The molecular formula is C16H32IN5O3. The number of carbonyl (C=O) groups excluding carboxylic acids is 2. The SMILES string of the molecule is CCCCNC(=NCC(=O)N(C)C)N1CCN(C(=O)OCC)CC1.I. The van der Waals surface area contributed by atoms with Gasteiger partial charge < -0.3 is 24.8 Å². The Morgan fingerprint density at radius 1 is 1.12 bits per heavy atom. The molecule has 2 amide bonds. The van der Waals surface area contributed by atoms with Crippen LogP contribution in [0.15, 0.2) is 4.99 Å². The van der Waals surface area contributed by atoms with Crippen molar-refractivity contribution in [2.75, 3.05) is 60.0 Å². The number of hydrogen-bond donors (Lipinski definition) is 1. The molecular weight excluding hydrogens is 437 g/mol. The standard InChI is InChI=1S/C16H31N5O3.HI/c1-5-7-8-17-15(18-13-14(22)19(3)4)20-9-11-21(12-10-20)16(23)24-6-2;/h5-13H2,1-4H3,(H,17,18);1H. The molecule has 9 heteroatoms. The van der Waals surface area contributed by atoms with Gasteiger partial charge in [0, 0.05) is 46.8 Å². The fourth-order valence-corrected chi connectivity index (χ4v) is 2.24. The number of nitrogens with zero attached hydrogens (tertiary/aromatic N) is 4. The molecule has 1 heterocycles. The van der Waals surface area contributed by atoms with Gasteiger partial charge in [0.1, 0.15) is 6.54 Å². The molecule has 0 aromatic rings. The third-order valence-corrected chi connectivity index (χ3v) is 3.78. The molecule has 0 radical (unpaired) electrons. The molecule has 25 heavy (non-hydrogen) atoms. The highest BCUT2D eigenvalue weighted by Gasteiger charge is 2.23. The zero-order valence-corrected chi connectivity index (χ0v) is 18.1. The summed E-state index contributed by atoms with van der Waals surface area (Å²) in [7, 11) is 3.44. The van der Waals surface area contributed by atoms with Crippen LogP contribution >= 0.6 is 24.0 Å². The molecule has 0 bridgehead atoms. The summed E-state index contributed by atoms with van der Waals surface area (Å²) < 4.78 is 5.03. The van der Waals surface area contributed by atoms with Gasteiger partial charge in [0.25, 0.3) is 0 Å². The first-order valence-electron chi connectivity index (χ1n) is 8.64. The predicted molar refractivity (Wildman–Crippen MR) is 109 cm³/mol. The zero-order valence-electron chi connectivity index (χ0n) is 15.8. The number of piperazine rings is 1. The Morgan fingerprint density at radius 2 is 1.72 bits per heavy atom. The number of guanidine groups is 1. The van der Waals surface area contributed by atoms with E-state index in [4.69, 9.17) is 4.74 Å². The maximum Gasteiger partial charge on any atom is 0.409 e. The van der Waals surface area contributed by atoms with Gasteiger partial charge in [-0.3, -0.25) is 4.79 Å². The van der Waals surface area contributed by atoms with E-state index in [1.807, 2.05) is 0 Å². The van der Waals surface area contributed by atoms with Crippen LogP contribution < -0.4 is 5.32 Å². The van der Waals surface area contributed by atoms with Gasteiger partial charge in [-0.1, -0.05) is 13.3 Å². The fraction of sp³-hybridized carbons (Fsp3) is 0.812. The van der Waals surface area contributed by atoms with Crippen molar-refractivity contribution in [1.82, 2.24) is 20.0 Å². The quantitative estimate of drug-likeness (QED) is 0.274. The maximum absolute atomic E-state index is 11.8. The molecule has 1 saturated heterocycles. The molecule has 0 saturated carbocycles. The van der Waals surface area contributed by atoms with Crippen molar-refractivity contribution < 1.29 is 14.3 Å². The zero-order chi connectivity index (χ0) is 17.9. The van der Waals surface area contributed by atoms with Crippen molar-refractivity contribution in [3.63, 3.8) is 0 Å². The average Bonchev–Trinajstić information content (AvgIpc) is 2.58. The minimum Gasteiger partial charge on any atom is -0.450 e. The molecule has 0 aromatic heterocycles. The number of carbonyl (C=O) groups is 2. The highest BCUT2D eigenvalue weighted by Crippen LogP contribution is 2.05. The molecule has 0 aromatic carbocycles. The molecule has 0 atom stereocenters. The van der Waals surface area contributed by atoms with Crippen LogP contribution in [0.5, 0.6) is 0 Å². The molecule has 0 spiro atoms. The second kappa shape index (κ2) is 13.0. The lowest BCUT2D eigenvalue weighted by Crippen LogP contribution is -2.54. The van der Waals surface area contributed by atoms with Crippen LogP contribution in [0.2, 0.25) is 0 Å². The number of amides is 2. The van der Waals surface area contributed by atoms with E-state index in [1.165, 1.54) is 4.90 Å². The van der Waals surface area contributed by atoms with Crippen LogP contribution in [-0.2, 0) is 9.53 Å². The second-order valence-corrected chi connectivity index (χ2v) is 5.88. The van der Waals surface area contributed by atoms with E-state index in [0.717, 1.165) is 25.3 Å². The summed E-state index contributed by atoms with van der Waals surface area (Å²) in [5, 5.41) is 3.32. The molecule has 1 N–H and O–H groups in total. The van der Waals surface area contributed by atoms with E-state index in [2.05, 4.69) is 22.1 Å². The number of halogens is 1. The first-order valence-corrected chi connectivity index (χ1v) is 8.64. The number of nitrogens with one attached hydrogen (secondary N) is 1. The van der Waals surface area contributed by atoms with Crippen molar-refractivity contribution in [3.05, 3.63) is 0 Å². The lowest BCUT2D eigenvalue weighted by molar-refractivity contribution is -0.127. The highest BCUT2D eigenvalue weighted by atomic mass is 127. The monoisotopic (exact) mass is 469 g/mol. The van der Waals surface area contributed by atoms with Gasteiger partial charge in [0.15, 0.2) is 5.96 Å². The van der Waals surface area contributed by atoms with Crippen LogP contribution in [0.3, 0.4) is 0 Å². The molecule has 1 aliphatic rings. The Labute approximate surface area is 168 Å². The van der Waals surface area contributed by atoms with E-state index in [9.17, 15) is 9.59 Å². The Kier molecular flexibility index (Phi) is 12.4. The van der Waals surface area contributed by atoms with Crippen LogP contribution in [-0.4, -0.2) is 92.6 Å². The predicted octanol–water partition coefficient (Wildman–Crippen LogP) is 1.21. The normalized spacial score (nSPS) is 14.6. The van der Waals surface area contributed by atoms with E-state index in [1.54, 1.807) is 25.9 Å². The van der Waals surface area contributed by atoms with Crippen molar-refractivity contribution in [2.45, 2.75) is 26.7 Å². The molecule has 8 nitrogen and oxygen atoms in total. The summed E-state index contributed by atoms with van der Waals surface area (Å²) in [5.74, 6) is 0.706. The Hall–Kier alpha value is -1.26. The summed E-state index contributed by atoms with van der Waals surface area (Å²) >= 11 is 0. The van der Waals surface area contributed by atoms with E-state index in [0.29, 0.717) is 32.8 Å². The molecule has 1 fully saturated rings. The van der Waals surface area contributed by atoms with Crippen LogP contribution in [0.4, 0.5) is 4.79 Å². The van der Waals surface area contributed by atoms with Crippen molar-refractivity contribution in [1.29, 1.82) is 0 Å². The van der Waals surface area contributed by atoms with Crippen LogP contribution in [0.25, 0.3) is 0 Å². The van der Waals surface area contributed by atoms with Crippen LogP contribution in [0.1, 0.15) is 26.7 Å². The minimum absolute atomic E-state index is 0. The van der Waals surface area contributed by atoms with Gasteiger partial charge >= 0.3 is 6.09 Å². The number of hydrogen-bond acceptors (Lipinski definition) is 4. The topological polar surface area (TPSA) is 77.5 Å². The van der Waals surface area contributed by atoms with Gasteiger partial charge in [-0.25, -0.2) is 9.79 Å². The number of likely N-dealkylation sites (N-methyl/N-ethyl adjacent to an activating group) is 1. The molecule has 0 unspecified atom stereocenters. The van der Waals surface area contributed by atoms with Gasteiger partial charge in [-0.05, 0) is 13.3 Å². The summed E-state index contributed by atoms with van der Waals surface area (Å²) in [6.07, 6.45) is 1.87. The first kappa shape index (κ1) is 23.7.